The highest BCUT2D eigenvalue weighted by Crippen LogP contribution is 2.35. The Balaban J connectivity index is 1.54. The molecule has 1 aliphatic rings. The van der Waals surface area contributed by atoms with Gasteiger partial charge in [0.2, 0.25) is 0 Å². The van der Waals surface area contributed by atoms with Gasteiger partial charge in [-0.15, -0.1) is 0 Å². The zero-order valence-corrected chi connectivity index (χ0v) is 24.3. The van der Waals surface area contributed by atoms with Crippen molar-refractivity contribution in [3.63, 3.8) is 0 Å². The molecule has 0 N–H and O–H groups in total. The Bertz CT molecular complexity index is 2130. The normalized spacial score (nSPS) is 14.7. The number of fused-ring (bicyclic) bond motifs is 1. The smallest absolute Gasteiger partial charge is 0.338 e. The van der Waals surface area contributed by atoms with Crippen LogP contribution in [0.2, 0.25) is 0 Å². The van der Waals surface area contributed by atoms with Crippen LogP contribution in [0.1, 0.15) is 35.4 Å². The van der Waals surface area contributed by atoms with Gasteiger partial charge in [0.25, 0.3) is 11.2 Å². The summed E-state index contributed by atoms with van der Waals surface area (Å²) in [6.07, 6.45) is 1.57. The number of nitro groups is 1. The number of hydrogen-bond acceptors (Lipinski definition) is 8. The minimum absolute atomic E-state index is 0.0267. The van der Waals surface area contributed by atoms with Crippen LogP contribution in [0.25, 0.3) is 23.1 Å². The summed E-state index contributed by atoms with van der Waals surface area (Å²) in [5, 5.41) is 11.4. The number of rotatable bonds is 7. The number of halogens is 1. The predicted octanol–water partition coefficient (Wildman–Crippen LogP) is 5.55. The summed E-state index contributed by atoms with van der Waals surface area (Å²) in [5.74, 6) is -0.340. The number of carbonyl (C=O) groups is 1. The first-order valence-corrected chi connectivity index (χ1v) is 14.5. The third-order valence-electron chi connectivity index (χ3n) is 7.23. The first kappa shape index (κ1) is 28.7. The third kappa shape index (κ3) is 5.18. The Morgan fingerprint density at radius 3 is 2.55 bits per heavy atom. The first-order chi connectivity index (χ1) is 21.3. The van der Waals surface area contributed by atoms with Gasteiger partial charge >= 0.3 is 5.97 Å². The van der Waals surface area contributed by atoms with Gasteiger partial charge in [0, 0.05) is 28.8 Å². The summed E-state index contributed by atoms with van der Waals surface area (Å²) in [4.78, 5) is 43.6. The van der Waals surface area contributed by atoms with E-state index in [2.05, 4.69) is 0 Å². The van der Waals surface area contributed by atoms with E-state index in [9.17, 15) is 24.1 Å². The van der Waals surface area contributed by atoms with E-state index in [1.807, 2.05) is 30.3 Å². The monoisotopic (exact) mass is 609 g/mol. The number of furan rings is 1. The molecule has 220 valence electrons. The lowest BCUT2D eigenvalue weighted by atomic mass is 9.93. The highest BCUT2D eigenvalue weighted by Gasteiger charge is 2.35. The fraction of sp³-hybridized carbons (Fsp3) is 0.121. The predicted molar refractivity (Wildman–Crippen MR) is 163 cm³/mol. The van der Waals surface area contributed by atoms with Crippen LogP contribution in [-0.4, -0.2) is 22.1 Å². The summed E-state index contributed by atoms with van der Waals surface area (Å²) in [5.41, 5.74) is 2.23. The highest BCUT2D eigenvalue weighted by atomic mass is 32.1. The molecule has 44 heavy (non-hydrogen) atoms. The van der Waals surface area contributed by atoms with Crippen molar-refractivity contribution >= 4 is 34.8 Å². The Hall–Kier alpha value is -5.42. The van der Waals surface area contributed by atoms with E-state index in [0.29, 0.717) is 44.3 Å². The molecule has 1 aliphatic heterocycles. The van der Waals surface area contributed by atoms with E-state index < -0.39 is 28.3 Å². The maximum absolute atomic E-state index is 14.0. The zero-order valence-electron chi connectivity index (χ0n) is 23.5. The van der Waals surface area contributed by atoms with Gasteiger partial charge in [0.1, 0.15) is 17.3 Å². The van der Waals surface area contributed by atoms with E-state index in [-0.39, 0.29) is 22.4 Å². The molecule has 6 rings (SSSR count). The number of aromatic nitrogens is 1. The van der Waals surface area contributed by atoms with Gasteiger partial charge in [-0.3, -0.25) is 19.5 Å². The number of nitro benzene ring substituents is 1. The molecule has 3 aromatic carbocycles. The Morgan fingerprint density at radius 2 is 1.84 bits per heavy atom. The Kier molecular flexibility index (Phi) is 7.62. The van der Waals surface area contributed by atoms with Crippen molar-refractivity contribution in [2.75, 3.05) is 6.61 Å². The molecule has 0 fully saturated rings. The largest absolute Gasteiger partial charge is 0.463 e. The molecule has 0 saturated heterocycles. The van der Waals surface area contributed by atoms with Crippen molar-refractivity contribution in [2.45, 2.75) is 19.9 Å². The number of carbonyl (C=O) groups excluding carboxylic acids is 1. The lowest BCUT2D eigenvalue weighted by Crippen LogP contribution is -2.40. The van der Waals surface area contributed by atoms with E-state index in [4.69, 9.17) is 14.1 Å². The molecule has 0 saturated carbocycles. The van der Waals surface area contributed by atoms with Gasteiger partial charge < -0.3 is 9.15 Å². The number of benzene rings is 3. The van der Waals surface area contributed by atoms with Gasteiger partial charge in [-0.25, -0.2) is 14.2 Å². The van der Waals surface area contributed by atoms with Crippen LogP contribution in [0.5, 0.6) is 0 Å². The van der Waals surface area contributed by atoms with Crippen LogP contribution in [0.3, 0.4) is 0 Å². The second-order valence-electron chi connectivity index (χ2n) is 9.89. The number of thiazole rings is 1. The SMILES string of the molecule is CCOC(=O)C1=C(c2ccccc2)N=c2s/c(=C\c3ccc(-c4cccc([N+](=O)[O-])c4C)o3)c(=O)n2[C@@H]1c1ccc(F)cc1. The maximum Gasteiger partial charge on any atom is 0.338 e. The van der Waals surface area contributed by atoms with E-state index in [1.54, 1.807) is 44.2 Å². The number of nitrogens with zero attached hydrogens (tertiary/aromatic N) is 3. The summed E-state index contributed by atoms with van der Waals surface area (Å²) < 4.78 is 27.1. The van der Waals surface area contributed by atoms with Crippen LogP contribution in [0.4, 0.5) is 10.1 Å². The van der Waals surface area contributed by atoms with Crippen molar-refractivity contribution in [2.24, 2.45) is 4.99 Å². The zero-order chi connectivity index (χ0) is 31.0. The molecule has 3 heterocycles. The van der Waals surface area contributed by atoms with Gasteiger partial charge in [-0.1, -0.05) is 65.9 Å². The third-order valence-corrected chi connectivity index (χ3v) is 8.21. The maximum atomic E-state index is 14.0. The van der Waals surface area contributed by atoms with Crippen molar-refractivity contribution in [3.05, 3.63) is 149 Å². The van der Waals surface area contributed by atoms with E-state index in [1.165, 1.54) is 34.9 Å². The van der Waals surface area contributed by atoms with Crippen molar-refractivity contribution < 1.29 is 23.3 Å². The topological polar surface area (TPSA) is 117 Å². The highest BCUT2D eigenvalue weighted by molar-refractivity contribution is 7.07. The summed E-state index contributed by atoms with van der Waals surface area (Å²) >= 11 is 1.12. The van der Waals surface area contributed by atoms with Crippen LogP contribution in [-0.2, 0) is 9.53 Å². The van der Waals surface area contributed by atoms with Crippen LogP contribution in [0.15, 0.2) is 105 Å². The molecule has 9 nitrogen and oxygen atoms in total. The number of esters is 1. The molecule has 1 atom stereocenters. The minimum atomic E-state index is -0.942. The van der Waals surface area contributed by atoms with Crippen LogP contribution < -0.4 is 14.9 Å². The fourth-order valence-electron chi connectivity index (χ4n) is 5.19. The fourth-order valence-corrected chi connectivity index (χ4v) is 6.17. The van der Waals surface area contributed by atoms with Crippen LogP contribution >= 0.6 is 11.3 Å². The van der Waals surface area contributed by atoms with Crippen molar-refractivity contribution in [1.29, 1.82) is 0 Å². The molecular formula is C33H24FN3O6S. The standard InChI is InChI=1S/C33H24FN3O6S/c1-3-42-32(39)28-29(20-8-5-4-6-9-20)35-33-36(30(28)21-12-14-22(34)15-13-21)31(38)27(44-33)18-23-16-17-26(43-23)24-10-7-11-25(19(24)2)37(40)41/h4-18,30H,3H2,1-2H3/b27-18-/t30-/m1/s1. The summed E-state index contributed by atoms with van der Waals surface area (Å²) in [6.45, 7) is 3.44. The minimum Gasteiger partial charge on any atom is -0.463 e. The summed E-state index contributed by atoms with van der Waals surface area (Å²) in [7, 11) is 0. The van der Waals surface area contributed by atoms with E-state index >= 15 is 0 Å². The lowest BCUT2D eigenvalue weighted by molar-refractivity contribution is -0.385. The Labute approximate surface area is 253 Å². The van der Waals surface area contributed by atoms with Crippen LogP contribution in [0, 0.1) is 22.9 Å². The average Bonchev–Trinajstić information content (AvgIpc) is 3.61. The van der Waals surface area contributed by atoms with Crippen molar-refractivity contribution in [1.82, 2.24) is 4.57 Å². The quantitative estimate of drug-likeness (QED) is 0.136. The molecule has 0 radical (unpaired) electrons. The van der Waals surface area contributed by atoms with Gasteiger partial charge in [0.05, 0.1) is 33.4 Å². The molecule has 11 heteroatoms. The van der Waals surface area contributed by atoms with Crippen molar-refractivity contribution in [3.8, 4) is 11.3 Å². The Morgan fingerprint density at radius 1 is 1.09 bits per heavy atom. The van der Waals surface area contributed by atoms with Gasteiger partial charge in [0.15, 0.2) is 4.80 Å². The summed E-state index contributed by atoms with van der Waals surface area (Å²) in [6, 6.07) is 21.9. The molecule has 0 amide bonds. The molecule has 0 unspecified atom stereocenters. The van der Waals surface area contributed by atoms with Gasteiger partial charge in [-0.2, -0.15) is 0 Å². The average molecular weight is 610 g/mol. The van der Waals surface area contributed by atoms with Gasteiger partial charge in [-0.05, 0) is 43.7 Å². The van der Waals surface area contributed by atoms with E-state index in [0.717, 1.165) is 11.3 Å². The molecule has 2 aromatic heterocycles. The number of ether oxygens (including phenoxy) is 1. The molecule has 5 aromatic rings. The molecular weight excluding hydrogens is 585 g/mol. The molecule has 0 spiro atoms. The lowest BCUT2D eigenvalue weighted by Gasteiger charge is -2.25. The molecule has 0 aliphatic carbocycles. The molecule has 0 bridgehead atoms. The second-order valence-corrected chi connectivity index (χ2v) is 10.9. The first-order valence-electron chi connectivity index (χ1n) is 13.6. The number of hydrogen-bond donors (Lipinski definition) is 0. The second kappa shape index (κ2) is 11.7.